The first-order chi connectivity index (χ1) is 9.52. The molecule has 0 unspecified atom stereocenters. The molecule has 1 aromatic heterocycles. The summed E-state index contributed by atoms with van der Waals surface area (Å²) in [5.74, 6) is 0. The summed E-state index contributed by atoms with van der Waals surface area (Å²) in [5.41, 5.74) is 4.63. The normalized spacial score (nSPS) is 11.1. The maximum Gasteiger partial charge on any atom is 0.0663 e. The molecule has 0 aliphatic carbocycles. The Morgan fingerprint density at radius 2 is 1.95 bits per heavy atom. The third-order valence-electron chi connectivity index (χ3n) is 3.40. The molecule has 0 bridgehead atoms. The summed E-state index contributed by atoms with van der Waals surface area (Å²) in [4.78, 5) is 0. The highest BCUT2D eigenvalue weighted by Crippen LogP contribution is 2.23. The molecule has 0 saturated carbocycles. The van der Waals surface area contributed by atoms with Crippen molar-refractivity contribution in [1.82, 2.24) is 15.1 Å². The Hall–Kier alpha value is -1.03. The Kier molecular flexibility index (Phi) is 5.08. The zero-order valence-electron chi connectivity index (χ0n) is 12.0. The first-order valence-corrected chi connectivity index (χ1v) is 7.46. The smallest absolute Gasteiger partial charge is 0.0663 e. The number of halogens is 2. The first kappa shape index (κ1) is 15.4. The second kappa shape index (κ2) is 6.61. The average Bonchev–Trinajstić information content (AvgIpc) is 2.67. The quantitative estimate of drug-likeness (QED) is 0.905. The fraction of sp³-hybridized carbons (Fsp3) is 0.400. The molecule has 2 rings (SSSR count). The summed E-state index contributed by atoms with van der Waals surface area (Å²) in [7, 11) is 0. The van der Waals surface area contributed by atoms with E-state index in [0.29, 0.717) is 16.6 Å². The molecular formula is C15H19Cl2N3. The number of rotatable bonds is 5. The largest absolute Gasteiger partial charge is 0.313 e. The van der Waals surface area contributed by atoms with Gasteiger partial charge in [-0.25, -0.2) is 0 Å². The van der Waals surface area contributed by atoms with Crippen molar-refractivity contribution >= 4 is 23.2 Å². The average molecular weight is 312 g/mol. The molecule has 0 aliphatic heterocycles. The monoisotopic (exact) mass is 311 g/mol. The molecular weight excluding hydrogens is 293 g/mol. The highest BCUT2D eigenvalue weighted by Gasteiger charge is 2.11. The van der Waals surface area contributed by atoms with Crippen LogP contribution in [0, 0.1) is 13.8 Å². The predicted molar refractivity (Wildman–Crippen MR) is 84.6 cm³/mol. The Labute approximate surface area is 129 Å². The molecule has 108 valence electrons. The van der Waals surface area contributed by atoms with Crippen molar-refractivity contribution in [3.8, 4) is 0 Å². The Morgan fingerprint density at radius 3 is 2.60 bits per heavy atom. The molecule has 5 heteroatoms. The molecule has 1 N–H and O–H groups in total. The second-order valence-electron chi connectivity index (χ2n) is 4.84. The molecule has 1 aromatic carbocycles. The molecule has 0 aliphatic rings. The molecule has 3 nitrogen and oxygen atoms in total. The zero-order chi connectivity index (χ0) is 14.7. The van der Waals surface area contributed by atoms with Crippen molar-refractivity contribution in [3.05, 3.63) is 50.8 Å². The SMILES string of the molecule is CCNCc1c(C)nn(Cc2ccc(Cl)c(Cl)c2)c1C. The van der Waals surface area contributed by atoms with Crippen molar-refractivity contribution in [3.63, 3.8) is 0 Å². The molecule has 0 atom stereocenters. The van der Waals surface area contributed by atoms with Crippen LogP contribution < -0.4 is 5.32 Å². The van der Waals surface area contributed by atoms with Crippen LogP contribution in [0.25, 0.3) is 0 Å². The van der Waals surface area contributed by atoms with Crippen LogP contribution in [0.3, 0.4) is 0 Å². The van der Waals surface area contributed by atoms with Crippen LogP contribution in [-0.4, -0.2) is 16.3 Å². The van der Waals surface area contributed by atoms with E-state index < -0.39 is 0 Å². The van der Waals surface area contributed by atoms with Crippen LogP contribution in [0.15, 0.2) is 18.2 Å². The molecule has 1 heterocycles. The number of aryl methyl sites for hydroxylation is 1. The minimum atomic E-state index is 0.580. The minimum Gasteiger partial charge on any atom is -0.313 e. The van der Waals surface area contributed by atoms with Crippen molar-refractivity contribution < 1.29 is 0 Å². The predicted octanol–water partition coefficient (Wildman–Crippen LogP) is 3.96. The van der Waals surface area contributed by atoms with Gasteiger partial charge >= 0.3 is 0 Å². The number of nitrogens with one attached hydrogen (secondary N) is 1. The number of aromatic nitrogens is 2. The summed E-state index contributed by atoms with van der Waals surface area (Å²) in [6.45, 7) is 8.77. The zero-order valence-corrected chi connectivity index (χ0v) is 13.5. The lowest BCUT2D eigenvalue weighted by Gasteiger charge is -2.07. The molecule has 0 amide bonds. The van der Waals surface area contributed by atoms with Gasteiger partial charge in [0.15, 0.2) is 0 Å². The molecule has 0 saturated heterocycles. The lowest BCUT2D eigenvalue weighted by Crippen LogP contribution is -2.13. The lowest BCUT2D eigenvalue weighted by atomic mass is 10.2. The highest BCUT2D eigenvalue weighted by molar-refractivity contribution is 6.42. The van der Waals surface area contributed by atoms with E-state index in [1.54, 1.807) is 0 Å². The van der Waals surface area contributed by atoms with E-state index in [0.717, 1.165) is 24.3 Å². The van der Waals surface area contributed by atoms with Crippen LogP contribution in [0.2, 0.25) is 10.0 Å². The van der Waals surface area contributed by atoms with E-state index in [1.165, 1.54) is 11.3 Å². The van der Waals surface area contributed by atoms with E-state index in [4.69, 9.17) is 23.2 Å². The summed E-state index contributed by atoms with van der Waals surface area (Å²) in [6, 6.07) is 5.70. The first-order valence-electron chi connectivity index (χ1n) is 6.70. The second-order valence-corrected chi connectivity index (χ2v) is 5.65. The molecule has 0 fully saturated rings. The number of hydrogen-bond acceptors (Lipinski definition) is 2. The van der Waals surface area contributed by atoms with Gasteiger partial charge in [-0.1, -0.05) is 36.2 Å². The van der Waals surface area contributed by atoms with Gasteiger partial charge in [-0.3, -0.25) is 4.68 Å². The van der Waals surface area contributed by atoms with E-state index in [-0.39, 0.29) is 0 Å². The van der Waals surface area contributed by atoms with Gasteiger partial charge < -0.3 is 5.32 Å². The van der Waals surface area contributed by atoms with Crippen LogP contribution in [-0.2, 0) is 13.1 Å². The maximum absolute atomic E-state index is 6.05. The summed E-state index contributed by atoms with van der Waals surface area (Å²) in [6.07, 6.45) is 0. The fourth-order valence-electron chi connectivity index (χ4n) is 2.20. The topological polar surface area (TPSA) is 29.9 Å². The van der Waals surface area contributed by atoms with Crippen molar-refractivity contribution in [2.45, 2.75) is 33.9 Å². The molecule has 0 spiro atoms. The third kappa shape index (κ3) is 3.35. The minimum absolute atomic E-state index is 0.580. The van der Waals surface area contributed by atoms with E-state index >= 15 is 0 Å². The summed E-state index contributed by atoms with van der Waals surface area (Å²) in [5, 5.41) is 9.12. The van der Waals surface area contributed by atoms with E-state index in [2.05, 4.69) is 24.3 Å². The van der Waals surface area contributed by atoms with Crippen LogP contribution in [0.5, 0.6) is 0 Å². The van der Waals surface area contributed by atoms with Gasteiger partial charge in [-0.05, 0) is 38.1 Å². The van der Waals surface area contributed by atoms with Gasteiger partial charge in [0.2, 0.25) is 0 Å². The van der Waals surface area contributed by atoms with Gasteiger partial charge in [0, 0.05) is 17.8 Å². The van der Waals surface area contributed by atoms with Gasteiger partial charge in [0.1, 0.15) is 0 Å². The van der Waals surface area contributed by atoms with E-state index in [1.807, 2.05) is 29.8 Å². The van der Waals surface area contributed by atoms with Crippen molar-refractivity contribution in [1.29, 1.82) is 0 Å². The van der Waals surface area contributed by atoms with Gasteiger partial charge in [0.25, 0.3) is 0 Å². The molecule has 0 radical (unpaired) electrons. The van der Waals surface area contributed by atoms with E-state index in [9.17, 15) is 0 Å². The van der Waals surface area contributed by atoms with Crippen LogP contribution in [0.4, 0.5) is 0 Å². The molecule has 20 heavy (non-hydrogen) atoms. The summed E-state index contributed by atoms with van der Waals surface area (Å²) < 4.78 is 2.02. The van der Waals surface area contributed by atoms with Gasteiger partial charge in [-0.2, -0.15) is 5.10 Å². The number of nitrogens with zero attached hydrogens (tertiary/aromatic N) is 2. The number of benzene rings is 1. The van der Waals surface area contributed by atoms with Crippen molar-refractivity contribution in [2.24, 2.45) is 0 Å². The standard InChI is InChI=1S/C15H19Cl2N3/c1-4-18-8-13-10(2)19-20(11(13)3)9-12-5-6-14(16)15(17)7-12/h5-7,18H,4,8-9H2,1-3H3. The maximum atomic E-state index is 6.05. The lowest BCUT2D eigenvalue weighted by molar-refractivity contribution is 0.655. The van der Waals surface area contributed by atoms with Crippen LogP contribution in [0.1, 0.15) is 29.4 Å². The third-order valence-corrected chi connectivity index (χ3v) is 4.14. The van der Waals surface area contributed by atoms with Crippen molar-refractivity contribution in [2.75, 3.05) is 6.54 Å². The fourth-order valence-corrected chi connectivity index (χ4v) is 2.53. The Morgan fingerprint density at radius 1 is 1.20 bits per heavy atom. The van der Waals surface area contributed by atoms with Gasteiger partial charge in [-0.15, -0.1) is 0 Å². The number of hydrogen-bond donors (Lipinski definition) is 1. The van der Waals surface area contributed by atoms with Crippen LogP contribution >= 0.6 is 23.2 Å². The Bertz CT molecular complexity index is 605. The Balaban J connectivity index is 2.23. The highest BCUT2D eigenvalue weighted by atomic mass is 35.5. The molecule has 2 aromatic rings. The summed E-state index contributed by atoms with van der Waals surface area (Å²) >= 11 is 12.0. The van der Waals surface area contributed by atoms with Gasteiger partial charge in [0.05, 0.1) is 22.3 Å².